The molecule has 43 heteroatoms. The van der Waals surface area contributed by atoms with Crippen LogP contribution in [0, 0.1) is 5.92 Å². The molecule has 7 amide bonds. The van der Waals surface area contributed by atoms with E-state index >= 15 is 0 Å². The number of nitrogens with one attached hydrogen (secondary N) is 7. The number of unbranched alkanes of at least 4 members (excludes halogenated alkanes) is 16. The minimum Gasteiger partial charge on any atom is -0.481 e. The van der Waals surface area contributed by atoms with Gasteiger partial charge in [-0.1, -0.05) is 77.0 Å². The molecule has 8 N–H and O–H groups in total. The Labute approximate surface area is 759 Å². The number of carboxylic acid groups (broad SMARTS) is 1. The first-order chi connectivity index (χ1) is 61.9. The topological polar surface area (TPSA) is 561 Å². The maximum absolute atomic E-state index is 14.3. The molecule has 0 spiro atoms. The number of carbonyl (C=O) groups is 17. The smallest absolute Gasteiger partial charge is 0.303 e. The molecule has 740 valence electrons. The fourth-order valence-corrected chi connectivity index (χ4v) is 15.2. The Hall–Kier alpha value is -9.37. The second kappa shape index (κ2) is 63.7. The lowest BCUT2D eigenvalue weighted by Crippen LogP contribution is -2.66. The Morgan fingerprint density at radius 3 is 0.815 bits per heavy atom. The molecular weight excluding hydrogens is 1720 g/mol. The molecule has 4 rings (SSSR count). The van der Waals surface area contributed by atoms with Crippen molar-refractivity contribution >= 4 is 101 Å². The monoisotopic (exact) mass is 1860 g/mol. The Morgan fingerprint density at radius 2 is 0.538 bits per heavy atom. The third-order valence-electron chi connectivity index (χ3n) is 21.0. The van der Waals surface area contributed by atoms with E-state index in [2.05, 4.69) is 37.2 Å². The molecule has 0 radical (unpaired) electrons. The van der Waals surface area contributed by atoms with Crippen molar-refractivity contribution in [3.63, 3.8) is 0 Å². The van der Waals surface area contributed by atoms with Gasteiger partial charge in [-0.15, -0.1) is 0 Å². The van der Waals surface area contributed by atoms with Crippen LogP contribution >= 0.6 is 0 Å². The van der Waals surface area contributed by atoms with E-state index in [9.17, 15) is 81.5 Å². The highest BCUT2D eigenvalue weighted by molar-refractivity contribution is 5.80. The predicted molar refractivity (Wildman–Crippen MR) is 452 cm³/mol. The van der Waals surface area contributed by atoms with Gasteiger partial charge in [0.2, 0.25) is 41.4 Å². The maximum Gasteiger partial charge on any atom is 0.303 e. The lowest BCUT2D eigenvalue weighted by Gasteiger charge is -2.44. The van der Waals surface area contributed by atoms with Crippen LogP contribution in [0.25, 0.3) is 0 Å². The van der Waals surface area contributed by atoms with E-state index in [1.54, 1.807) is 0 Å². The molecule has 0 aromatic rings. The van der Waals surface area contributed by atoms with Crippen LogP contribution in [-0.2, 0) is 167 Å². The molecule has 1 saturated carbocycles. The van der Waals surface area contributed by atoms with Gasteiger partial charge in [0.15, 0.2) is 55.5 Å². The van der Waals surface area contributed by atoms with Gasteiger partial charge in [0.25, 0.3) is 0 Å². The third kappa shape index (κ3) is 47.1. The van der Waals surface area contributed by atoms with Crippen LogP contribution in [0.2, 0.25) is 0 Å². The van der Waals surface area contributed by atoms with Crippen LogP contribution in [0.15, 0.2) is 0 Å². The number of ether oxygens (including phenoxy) is 18. The summed E-state index contributed by atoms with van der Waals surface area (Å²) < 4.78 is 105. The van der Waals surface area contributed by atoms with E-state index in [0.29, 0.717) is 96.4 Å². The molecule has 130 heavy (non-hydrogen) atoms. The van der Waals surface area contributed by atoms with Gasteiger partial charge >= 0.3 is 59.7 Å². The lowest BCUT2D eigenvalue weighted by atomic mass is 9.82. The molecule has 3 saturated heterocycles. The summed E-state index contributed by atoms with van der Waals surface area (Å²) in [6.45, 7) is 14.0. The lowest BCUT2D eigenvalue weighted by molar-refractivity contribution is -0.277. The van der Waals surface area contributed by atoms with Crippen LogP contribution in [0.5, 0.6) is 0 Å². The fourth-order valence-electron chi connectivity index (χ4n) is 15.2. The second-order valence-corrected chi connectivity index (χ2v) is 32.4. The summed E-state index contributed by atoms with van der Waals surface area (Å²) in [5.74, 6) is -10.9. The molecule has 1 aliphatic carbocycles. The van der Waals surface area contributed by atoms with Gasteiger partial charge in [0.1, 0.15) is 62.4 Å². The van der Waals surface area contributed by atoms with Gasteiger partial charge in [-0.3, -0.25) is 81.5 Å². The van der Waals surface area contributed by atoms with Gasteiger partial charge in [0, 0.05) is 161 Å². The summed E-state index contributed by atoms with van der Waals surface area (Å²) in [5.41, 5.74) is 0. The first kappa shape index (κ1) is 113. The van der Waals surface area contributed by atoms with E-state index in [-0.39, 0.29) is 121 Å². The average Bonchev–Trinajstić information content (AvgIpc) is 0.809. The number of aliphatic carboxylic acids is 1. The van der Waals surface area contributed by atoms with Gasteiger partial charge in [0.05, 0.1) is 32.0 Å². The van der Waals surface area contributed by atoms with E-state index in [1.807, 2.05) is 0 Å². The second-order valence-electron chi connectivity index (χ2n) is 32.4. The molecule has 0 aromatic heterocycles. The zero-order valence-corrected chi connectivity index (χ0v) is 77.3. The van der Waals surface area contributed by atoms with Crippen molar-refractivity contribution < 1.29 is 172 Å². The first-order valence-corrected chi connectivity index (χ1v) is 45.1. The molecule has 3 aliphatic heterocycles. The Kier molecular flexibility index (Phi) is 55.3. The van der Waals surface area contributed by atoms with Crippen molar-refractivity contribution in [2.24, 2.45) is 5.92 Å². The number of esters is 9. The average molecular weight is 1860 g/mol. The van der Waals surface area contributed by atoms with Crippen LogP contribution in [0.4, 0.5) is 0 Å². The highest BCUT2D eigenvalue weighted by Crippen LogP contribution is 2.35. The van der Waals surface area contributed by atoms with Crippen molar-refractivity contribution in [1.29, 1.82) is 0 Å². The SMILES string of the molecule is CC(=O)N[C@H]1[C@H](OCCCCCCNC(=O)CCOC2[C@H](OCCC(=O)NCCCCCCO[C@@H]3O[C@H](COC(C)=O)[C@H](OC(C)=O)[C@H](OC(C)=O)[C@H]3NC(C)=O)CC(C(=O)NCCCCCCCCCCC(=O)O)C[C@H]2OCCC(=O)NCCCCCCO[C@@H]2O[C@H](COC(C)=O)[C@H](OC(C)=O)[C@H](OC(C)=O)[C@H]2NC(C)=O)O[C@H](COC(C)=O)[C@H](OC(C)=O)[C@@H]1OC(C)=O. The molecule has 0 aromatic carbocycles. The minimum atomic E-state index is -1.29. The van der Waals surface area contributed by atoms with Crippen molar-refractivity contribution in [2.45, 2.75) is 360 Å². The number of hydrogen-bond donors (Lipinski definition) is 8. The highest BCUT2D eigenvalue weighted by Gasteiger charge is 2.55. The standard InChI is InChI=1S/C87H141N7O36/c1-52(95)92-74-81(125-61(10)104)78(122-58(7)101)67(49-119-55(4)98)128-85(74)116-41-30-22-19-26-37-88-70(107)34-44-113-65-47-64(84(112)91-40-29-18-16-14-13-15-17-25-33-73(110)111)48-66(114-45-35-71(108)89-38-27-20-23-31-42-117-86-75(93-53(2)96)82(126-62(11)105)79(123-59(8)102)68(129-86)50-120-56(5)99)77(65)115-46-36-72(109)90-39-28-21-24-32-43-118-87-76(94-54(3)97)83(127-63(12)106)80(124-60(9)103)69(130-87)51-121-57(6)100/h64-69,74-83,85-87H,13-51H2,1-12H3,(H,88,107)(H,89,108)(H,90,109)(H,91,112)(H,92,95)(H,93,96)(H,94,97)(H,110,111)/t64?,65-,66-,67-,68-,69-,74-,75-,76-,77?,78+,79+,80+,81-,82-,83-,85-,86-,87-/m1/s1. The summed E-state index contributed by atoms with van der Waals surface area (Å²) in [7, 11) is 0. The molecular formula is C87H141N7O36. The first-order valence-electron chi connectivity index (χ1n) is 45.1. The summed E-state index contributed by atoms with van der Waals surface area (Å²) in [6.07, 6.45) is -3.83. The van der Waals surface area contributed by atoms with E-state index in [0.717, 1.165) is 80.1 Å². The Balaban J connectivity index is 1.44. The van der Waals surface area contributed by atoms with Gasteiger partial charge < -0.3 is 128 Å². The number of rotatable bonds is 63. The molecule has 3 heterocycles. The number of amides is 7. The summed E-state index contributed by atoms with van der Waals surface area (Å²) in [5, 5.41) is 28.8. The van der Waals surface area contributed by atoms with Crippen LogP contribution in [0.3, 0.4) is 0 Å². The number of carboxylic acids is 1. The van der Waals surface area contributed by atoms with Gasteiger partial charge in [-0.25, -0.2) is 0 Å². The van der Waals surface area contributed by atoms with E-state index in [4.69, 9.17) is 90.4 Å². The molecule has 0 bridgehead atoms. The maximum atomic E-state index is 14.3. The molecule has 4 fully saturated rings. The van der Waals surface area contributed by atoms with E-state index < -0.39 is 213 Å². The normalized spacial score (nSPS) is 24.6. The zero-order chi connectivity index (χ0) is 96.0. The van der Waals surface area contributed by atoms with Gasteiger partial charge in [-0.2, -0.15) is 0 Å². The molecule has 0 unspecified atom stereocenters. The summed E-state index contributed by atoms with van der Waals surface area (Å²) in [4.78, 5) is 212. The zero-order valence-electron chi connectivity index (χ0n) is 77.3. The summed E-state index contributed by atoms with van der Waals surface area (Å²) in [6, 6.07) is -3.41. The minimum absolute atomic E-state index is 0.0900. The van der Waals surface area contributed by atoms with Crippen molar-refractivity contribution in [2.75, 3.05) is 85.6 Å². The van der Waals surface area contributed by atoms with Crippen LogP contribution in [-0.4, -0.2) is 302 Å². The van der Waals surface area contributed by atoms with Crippen LogP contribution < -0.4 is 37.2 Å². The quantitative estimate of drug-likeness (QED) is 0.0245. The molecule has 17 atom stereocenters. The Morgan fingerprint density at radius 1 is 0.277 bits per heavy atom. The van der Waals surface area contributed by atoms with Crippen molar-refractivity contribution in [3.8, 4) is 0 Å². The van der Waals surface area contributed by atoms with Crippen molar-refractivity contribution in [1.82, 2.24) is 37.2 Å². The van der Waals surface area contributed by atoms with Gasteiger partial charge in [-0.05, 0) is 64.2 Å². The molecule has 43 nitrogen and oxygen atoms in total. The number of carbonyl (C=O) groups excluding carboxylic acids is 16. The molecule has 4 aliphatic rings. The predicted octanol–water partition coefficient (Wildman–Crippen LogP) is 3.48. The fraction of sp³-hybridized carbons (Fsp3) is 0.805. The van der Waals surface area contributed by atoms with Crippen molar-refractivity contribution in [3.05, 3.63) is 0 Å². The highest BCUT2D eigenvalue weighted by atomic mass is 16.7. The third-order valence-corrected chi connectivity index (χ3v) is 21.0. The summed E-state index contributed by atoms with van der Waals surface area (Å²) >= 11 is 0. The largest absolute Gasteiger partial charge is 0.481 e. The van der Waals surface area contributed by atoms with E-state index in [1.165, 1.54) is 41.5 Å². The van der Waals surface area contributed by atoms with Crippen LogP contribution in [0.1, 0.15) is 250 Å². The Bertz CT molecular complexity index is 3420. The number of hydrogen-bond acceptors (Lipinski definition) is 35.